The van der Waals surface area contributed by atoms with E-state index < -0.39 is 0 Å². The zero-order valence-electron chi connectivity index (χ0n) is 18.4. The molecule has 2 rings (SSSR count). The molecule has 0 saturated carbocycles. The summed E-state index contributed by atoms with van der Waals surface area (Å²) in [5.74, 6) is 1.42. The second-order valence-electron chi connectivity index (χ2n) is 7.76. The number of carbonyl (C=O) groups is 1. The molecule has 0 radical (unpaired) electrons. The maximum atomic E-state index is 12.0. The van der Waals surface area contributed by atoms with E-state index in [2.05, 4.69) is 41.6 Å². The highest BCUT2D eigenvalue weighted by molar-refractivity contribution is 14.0. The van der Waals surface area contributed by atoms with E-state index >= 15 is 0 Å². The summed E-state index contributed by atoms with van der Waals surface area (Å²) in [6, 6.07) is 18.2. The molecule has 164 valence electrons. The highest BCUT2D eigenvalue weighted by atomic mass is 127. The van der Waals surface area contributed by atoms with Crippen molar-refractivity contribution in [1.29, 1.82) is 0 Å². The van der Waals surface area contributed by atoms with Crippen molar-refractivity contribution < 1.29 is 9.53 Å². The Kier molecular flexibility index (Phi) is 10.7. The predicted octanol–water partition coefficient (Wildman–Crippen LogP) is 3.41. The predicted molar refractivity (Wildman–Crippen MR) is 134 cm³/mol. The number of nitrogens with zero attached hydrogens (tertiary/aromatic N) is 2. The van der Waals surface area contributed by atoms with Crippen molar-refractivity contribution in [2.75, 3.05) is 34.3 Å². The summed E-state index contributed by atoms with van der Waals surface area (Å²) < 4.78 is 5.20. The Labute approximate surface area is 197 Å². The molecule has 2 aromatic carbocycles. The Hall–Kier alpha value is -2.29. The van der Waals surface area contributed by atoms with Gasteiger partial charge >= 0.3 is 0 Å². The molecule has 0 aliphatic heterocycles. The quantitative estimate of drug-likeness (QED) is 0.316. The molecule has 7 heteroatoms. The van der Waals surface area contributed by atoms with Crippen LogP contribution in [0.15, 0.2) is 59.6 Å². The van der Waals surface area contributed by atoms with Crippen molar-refractivity contribution in [2.24, 2.45) is 4.99 Å². The summed E-state index contributed by atoms with van der Waals surface area (Å²) >= 11 is 0. The molecular formula is C23H33IN4O2. The molecule has 0 aromatic heterocycles. The van der Waals surface area contributed by atoms with Crippen molar-refractivity contribution in [2.45, 2.75) is 25.8 Å². The number of aliphatic imine (C=N–C) groups is 1. The molecule has 0 saturated heterocycles. The second-order valence-corrected chi connectivity index (χ2v) is 7.76. The Bertz CT molecular complexity index is 806. The van der Waals surface area contributed by atoms with Crippen molar-refractivity contribution in [3.8, 4) is 5.75 Å². The SMILES string of the molecule is COc1ccc(CN=C(NCC(=O)N(C)C)NCC(C)(C)c2ccccc2)cc1.I. The van der Waals surface area contributed by atoms with Gasteiger partial charge in [0.1, 0.15) is 5.75 Å². The van der Waals surface area contributed by atoms with Gasteiger partial charge < -0.3 is 20.3 Å². The third-order valence-electron chi connectivity index (χ3n) is 4.74. The van der Waals surface area contributed by atoms with Crippen LogP contribution >= 0.6 is 24.0 Å². The summed E-state index contributed by atoms with van der Waals surface area (Å²) in [5.41, 5.74) is 2.22. The van der Waals surface area contributed by atoms with E-state index in [9.17, 15) is 4.79 Å². The van der Waals surface area contributed by atoms with Crippen LogP contribution in [0.2, 0.25) is 0 Å². The Morgan fingerprint density at radius 3 is 2.23 bits per heavy atom. The molecule has 2 N–H and O–H groups in total. The van der Waals surface area contributed by atoms with Crippen LogP contribution in [0.4, 0.5) is 0 Å². The highest BCUT2D eigenvalue weighted by Gasteiger charge is 2.20. The molecule has 0 atom stereocenters. The number of carbonyl (C=O) groups excluding carboxylic acids is 1. The van der Waals surface area contributed by atoms with Gasteiger partial charge in [-0.25, -0.2) is 4.99 Å². The van der Waals surface area contributed by atoms with Crippen LogP contribution in [0.25, 0.3) is 0 Å². The molecule has 1 amide bonds. The number of rotatable bonds is 8. The van der Waals surface area contributed by atoms with Crippen LogP contribution < -0.4 is 15.4 Å². The number of ether oxygens (including phenoxy) is 1. The zero-order chi connectivity index (χ0) is 21.3. The van der Waals surface area contributed by atoms with Crippen molar-refractivity contribution in [3.05, 3.63) is 65.7 Å². The summed E-state index contributed by atoms with van der Waals surface area (Å²) in [5, 5.41) is 6.53. The number of hydrogen-bond acceptors (Lipinski definition) is 3. The molecule has 2 aromatic rings. The van der Waals surface area contributed by atoms with E-state index in [-0.39, 0.29) is 41.8 Å². The Morgan fingerprint density at radius 1 is 1.03 bits per heavy atom. The van der Waals surface area contributed by atoms with E-state index in [0.29, 0.717) is 19.0 Å². The Balaban J connectivity index is 0.00000450. The van der Waals surface area contributed by atoms with Crippen molar-refractivity contribution >= 4 is 35.8 Å². The molecule has 0 fully saturated rings. The monoisotopic (exact) mass is 524 g/mol. The van der Waals surface area contributed by atoms with E-state index in [1.54, 1.807) is 26.1 Å². The number of methoxy groups -OCH3 is 1. The first-order chi connectivity index (χ1) is 13.8. The van der Waals surface area contributed by atoms with E-state index in [1.165, 1.54) is 5.56 Å². The van der Waals surface area contributed by atoms with Crippen LogP contribution in [-0.4, -0.2) is 51.1 Å². The number of halogens is 1. The fourth-order valence-corrected chi connectivity index (χ4v) is 2.69. The minimum atomic E-state index is -0.0879. The first-order valence-electron chi connectivity index (χ1n) is 9.72. The lowest BCUT2D eigenvalue weighted by molar-refractivity contribution is -0.127. The second kappa shape index (κ2) is 12.4. The average Bonchev–Trinajstić information content (AvgIpc) is 2.73. The number of hydrogen-bond donors (Lipinski definition) is 2. The Morgan fingerprint density at radius 2 is 1.67 bits per heavy atom. The van der Waals surface area contributed by atoms with Crippen LogP contribution in [0.1, 0.15) is 25.0 Å². The van der Waals surface area contributed by atoms with Gasteiger partial charge in [0.05, 0.1) is 20.2 Å². The lowest BCUT2D eigenvalue weighted by Gasteiger charge is -2.27. The van der Waals surface area contributed by atoms with Crippen LogP contribution in [0.5, 0.6) is 5.75 Å². The molecule has 0 aliphatic rings. The average molecular weight is 524 g/mol. The van der Waals surface area contributed by atoms with Gasteiger partial charge in [0, 0.05) is 26.1 Å². The number of amides is 1. The highest BCUT2D eigenvalue weighted by Crippen LogP contribution is 2.21. The van der Waals surface area contributed by atoms with Gasteiger partial charge in [0.2, 0.25) is 5.91 Å². The third kappa shape index (κ3) is 8.22. The molecule has 6 nitrogen and oxygen atoms in total. The summed E-state index contributed by atoms with van der Waals surface area (Å²) in [6.45, 7) is 5.73. The largest absolute Gasteiger partial charge is 0.497 e. The summed E-state index contributed by atoms with van der Waals surface area (Å²) in [6.07, 6.45) is 0. The number of guanidine groups is 1. The molecule has 30 heavy (non-hydrogen) atoms. The first-order valence-corrected chi connectivity index (χ1v) is 9.72. The lowest BCUT2D eigenvalue weighted by atomic mass is 9.85. The van der Waals surface area contributed by atoms with Gasteiger partial charge in [-0.05, 0) is 23.3 Å². The zero-order valence-corrected chi connectivity index (χ0v) is 20.8. The van der Waals surface area contributed by atoms with Gasteiger partial charge in [-0.3, -0.25) is 4.79 Å². The molecule has 0 aliphatic carbocycles. The smallest absolute Gasteiger partial charge is 0.241 e. The summed E-state index contributed by atoms with van der Waals surface area (Å²) in [7, 11) is 5.13. The van der Waals surface area contributed by atoms with E-state index in [4.69, 9.17) is 4.74 Å². The fourth-order valence-electron chi connectivity index (χ4n) is 2.69. The molecule has 0 heterocycles. The van der Waals surface area contributed by atoms with Gasteiger partial charge in [0.15, 0.2) is 5.96 Å². The topological polar surface area (TPSA) is 66.0 Å². The molecule has 0 bridgehead atoms. The first kappa shape index (κ1) is 25.7. The normalized spacial score (nSPS) is 11.3. The number of nitrogens with one attached hydrogen (secondary N) is 2. The van der Waals surface area contributed by atoms with Gasteiger partial charge in [0.25, 0.3) is 0 Å². The van der Waals surface area contributed by atoms with Crippen molar-refractivity contribution in [3.63, 3.8) is 0 Å². The van der Waals surface area contributed by atoms with Crippen LogP contribution in [0.3, 0.4) is 0 Å². The van der Waals surface area contributed by atoms with Crippen molar-refractivity contribution in [1.82, 2.24) is 15.5 Å². The fraction of sp³-hybridized carbons (Fsp3) is 0.391. The van der Waals surface area contributed by atoms with Gasteiger partial charge in [-0.2, -0.15) is 0 Å². The molecule has 0 spiro atoms. The third-order valence-corrected chi connectivity index (χ3v) is 4.74. The minimum absolute atomic E-state index is 0. The van der Waals surface area contributed by atoms with E-state index in [0.717, 1.165) is 11.3 Å². The molecule has 0 unspecified atom stereocenters. The standard InChI is InChI=1S/C23H32N4O2.HI/c1-23(2,19-9-7-6-8-10-19)17-26-22(25-16-21(28)27(3)4)24-15-18-11-13-20(29-5)14-12-18;/h6-14H,15-17H2,1-5H3,(H2,24,25,26);1H. The molecular weight excluding hydrogens is 491 g/mol. The maximum Gasteiger partial charge on any atom is 0.241 e. The lowest BCUT2D eigenvalue weighted by Crippen LogP contribution is -2.46. The van der Waals surface area contributed by atoms with Crippen LogP contribution in [-0.2, 0) is 16.8 Å². The van der Waals surface area contributed by atoms with Gasteiger partial charge in [-0.15, -0.1) is 24.0 Å². The van der Waals surface area contributed by atoms with Gasteiger partial charge in [-0.1, -0.05) is 56.3 Å². The number of benzene rings is 2. The maximum absolute atomic E-state index is 12.0. The van der Waals surface area contributed by atoms with Crippen LogP contribution in [0, 0.1) is 0 Å². The summed E-state index contributed by atoms with van der Waals surface area (Å²) in [4.78, 5) is 18.2. The number of likely N-dealkylation sites (N-methyl/N-ethyl adjacent to an activating group) is 1. The minimum Gasteiger partial charge on any atom is -0.497 e. The van der Waals surface area contributed by atoms with E-state index in [1.807, 2.05) is 42.5 Å².